The third-order valence-electron chi connectivity index (χ3n) is 5.49. The van der Waals surface area contributed by atoms with Crippen molar-refractivity contribution >= 4 is 45.8 Å². The van der Waals surface area contributed by atoms with E-state index in [1.165, 1.54) is 23.9 Å². The first kappa shape index (κ1) is 22.6. The molecule has 1 amide bonds. The van der Waals surface area contributed by atoms with E-state index in [1.807, 2.05) is 42.5 Å². The summed E-state index contributed by atoms with van der Waals surface area (Å²) in [5, 5.41) is 13.0. The van der Waals surface area contributed by atoms with Gasteiger partial charge in [0.05, 0.1) is 10.7 Å². The molecule has 0 aromatic heterocycles. The summed E-state index contributed by atoms with van der Waals surface area (Å²) in [5.41, 5.74) is 0.929. The first-order valence-electron chi connectivity index (χ1n) is 10.5. The van der Waals surface area contributed by atoms with Gasteiger partial charge in [-0.25, -0.2) is 0 Å². The molecular weight excluding hydrogens is 442 g/mol. The quantitative estimate of drug-likeness (QED) is 0.227. The van der Waals surface area contributed by atoms with Crippen molar-refractivity contribution in [3.8, 4) is 0 Å². The molecule has 4 rings (SSSR count). The van der Waals surface area contributed by atoms with E-state index < -0.39 is 10.9 Å². The Labute approximate surface area is 195 Å². The second-order valence-electron chi connectivity index (χ2n) is 7.60. The number of fused-ring (bicyclic) bond motifs is 1. The van der Waals surface area contributed by atoms with E-state index in [-0.39, 0.29) is 24.0 Å². The number of amides is 1. The highest BCUT2D eigenvalue weighted by atomic mass is 32.2. The fourth-order valence-corrected chi connectivity index (χ4v) is 4.42. The van der Waals surface area contributed by atoms with Crippen molar-refractivity contribution in [1.82, 2.24) is 4.90 Å². The number of hydrogen-bond donors (Lipinski definition) is 0. The number of thioether (sulfide) groups is 1. The lowest BCUT2D eigenvalue weighted by atomic mass is 10.1. The average molecular weight is 466 g/mol. The van der Waals surface area contributed by atoms with E-state index in [2.05, 4.69) is 4.90 Å². The molecule has 0 bridgehead atoms. The third kappa shape index (κ3) is 5.81. The van der Waals surface area contributed by atoms with Gasteiger partial charge < -0.3 is 14.5 Å². The Kier molecular flexibility index (Phi) is 7.09. The number of piperazine rings is 1. The Morgan fingerprint density at radius 1 is 0.939 bits per heavy atom. The summed E-state index contributed by atoms with van der Waals surface area (Å²) < 4.78 is 5.18. The van der Waals surface area contributed by atoms with Gasteiger partial charge in [0.1, 0.15) is 0 Å². The summed E-state index contributed by atoms with van der Waals surface area (Å²) >= 11 is 1.38. The number of benzene rings is 3. The molecule has 1 aliphatic heterocycles. The Bertz CT molecular complexity index is 1160. The monoisotopic (exact) mass is 465 g/mol. The lowest BCUT2D eigenvalue weighted by molar-refractivity contribution is -0.384. The van der Waals surface area contributed by atoms with Gasteiger partial charge in [0, 0.05) is 48.9 Å². The van der Waals surface area contributed by atoms with Crippen LogP contribution in [0.5, 0.6) is 0 Å². The van der Waals surface area contributed by atoms with Crippen LogP contribution in [0.25, 0.3) is 10.8 Å². The summed E-state index contributed by atoms with van der Waals surface area (Å²) in [7, 11) is 0. The van der Waals surface area contributed by atoms with Crippen LogP contribution in [0.3, 0.4) is 0 Å². The van der Waals surface area contributed by atoms with Gasteiger partial charge in [0.25, 0.3) is 11.6 Å². The van der Waals surface area contributed by atoms with Crippen LogP contribution in [0.1, 0.15) is 0 Å². The van der Waals surface area contributed by atoms with Gasteiger partial charge in [-0.05, 0) is 35.0 Å². The van der Waals surface area contributed by atoms with Crippen molar-refractivity contribution in [2.24, 2.45) is 0 Å². The minimum atomic E-state index is -0.429. The summed E-state index contributed by atoms with van der Waals surface area (Å²) in [5.74, 6) is -0.507. The lowest BCUT2D eigenvalue weighted by Gasteiger charge is -2.36. The van der Waals surface area contributed by atoms with Crippen molar-refractivity contribution in [2.45, 2.75) is 4.90 Å². The van der Waals surface area contributed by atoms with Gasteiger partial charge >= 0.3 is 5.97 Å². The molecule has 1 fully saturated rings. The van der Waals surface area contributed by atoms with Gasteiger partial charge in [-0.1, -0.05) is 30.3 Å². The molecule has 8 nitrogen and oxygen atoms in total. The molecule has 0 radical (unpaired) electrons. The molecule has 0 aliphatic carbocycles. The van der Waals surface area contributed by atoms with E-state index >= 15 is 0 Å². The standard InChI is InChI=1S/C24H23N3O5S/c28-23(26-13-11-25(12-14-26)20-6-8-21(9-7-20)27(30)31)16-32-24(29)17-33-22-10-5-18-3-1-2-4-19(18)15-22/h1-10,15H,11-14,16-17H2. The molecule has 170 valence electrons. The van der Waals surface area contributed by atoms with E-state index in [9.17, 15) is 19.7 Å². The zero-order chi connectivity index (χ0) is 23.2. The van der Waals surface area contributed by atoms with Crippen LogP contribution in [0, 0.1) is 10.1 Å². The highest BCUT2D eigenvalue weighted by Gasteiger charge is 2.22. The van der Waals surface area contributed by atoms with Gasteiger partial charge in [0.2, 0.25) is 0 Å². The number of carbonyl (C=O) groups is 2. The highest BCUT2D eigenvalue weighted by Crippen LogP contribution is 2.24. The number of nitro benzene ring substituents is 1. The third-order valence-corrected chi connectivity index (χ3v) is 6.46. The molecule has 3 aromatic carbocycles. The predicted octanol–water partition coefficient (Wildman–Crippen LogP) is 3.73. The smallest absolute Gasteiger partial charge is 0.316 e. The Morgan fingerprint density at radius 2 is 1.64 bits per heavy atom. The van der Waals surface area contributed by atoms with Crippen LogP contribution < -0.4 is 4.90 Å². The van der Waals surface area contributed by atoms with Crippen molar-refractivity contribution < 1.29 is 19.2 Å². The highest BCUT2D eigenvalue weighted by molar-refractivity contribution is 8.00. The molecule has 0 spiro atoms. The summed E-state index contributed by atoms with van der Waals surface area (Å²) in [6, 6.07) is 20.4. The minimum absolute atomic E-state index is 0.0492. The van der Waals surface area contributed by atoms with Crippen molar-refractivity contribution in [1.29, 1.82) is 0 Å². The Morgan fingerprint density at radius 3 is 2.33 bits per heavy atom. The van der Waals surface area contributed by atoms with Gasteiger partial charge in [-0.3, -0.25) is 19.7 Å². The number of nitrogens with zero attached hydrogens (tertiary/aromatic N) is 3. The fraction of sp³-hybridized carbons (Fsp3) is 0.250. The van der Waals surface area contributed by atoms with Gasteiger partial charge in [-0.2, -0.15) is 0 Å². The molecule has 33 heavy (non-hydrogen) atoms. The van der Waals surface area contributed by atoms with Crippen molar-refractivity contribution in [3.63, 3.8) is 0 Å². The topological polar surface area (TPSA) is 93.0 Å². The SMILES string of the molecule is O=C(CSc1ccc2ccccc2c1)OCC(=O)N1CCN(c2ccc([N+](=O)[O-])cc2)CC1. The first-order chi connectivity index (χ1) is 16.0. The normalized spacial score (nSPS) is 13.7. The van der Waals surface area contributed by atoms with Crippen molar-refractivity contribution in [3.05, 3.63) is 76.8 Å². The molecular formula is C24H23N3O5S. The maximum atomic E-state index is 12.4. The second-order valence-corrected chi connectivity index (χ2v) is 8.65. The maximum absolute atomic E-state index is 12.4. The van der Waals surface area contributed by atoms with E-state index in [4.69, 9.17) is 4.74 Å². The van der Waals surface area contributed by atoms with Gasteiger partial charge in [0.15, 0.2) is 6.61 Å². The number of nitro groups is 1. The predicted molar refractivity (Wildman–Crippen MR) is 128 cm³/mol. The Balaban J connectivity index is 1.19. The number of rotatable bonds is 7. The number of non-ortho nitro benzene ring substituents is 1. The molecule has 1 aliphatic rings. The zero-order valence-corrected chi connectivity index (χ0v) is 18.7. The summed E-state index contributed by atoms with van der Waals surface area (Å²) in [6.07, 6.45) is 0. The first-order valence-corrected chi connectivity index (χ1v) is 11.5. The maximum Gasteiger partial charge on any atom is 0.316 e. The van der Waals surface area contributed by atoms with Crippen LogP contribution in [-0.4, -0.2) is 60.2 Å². The molecule has 1 heterocycles. The lowest BCUT2D eigenvalue weighted by Crippen LogP contribution is -2.50. The largest absolute Gasteiger partial charge is 0.455 e. The molecule has 0 atom stereocenters. The fourth-order valence-electron chi connectivity index (χ4n) is 3.67. The summed E-state index contributed by atoms with van der Waals surface area (Å²) in [6.45, 7) is 1.94. The van der Waals surface area contributed by atoms with Gasteiger partial charge in [-0.15, -0.1) is 11.8 Å². The zero-order valence-electron chi connectivity index (χ0n) is 17.9. The number of anilines is 1. The Hall–Kier alpha value is -3.59. The van der Waals surface area contributed by atoms with Crippen LogP contribution in [0.2, 0.25) is 0 Å². The number of carbonyl (C=O) groups excluding carboxylic acids is 2. The van der Waals surface area contributed by atoms with Crippen molar-refractivity contribution in [2.75, 3.05) is 43.4 Å². The second kappa shape index (κ2) is 10.4. The summed E-state index contributed by atoms with van der Waals surface area (Å²) in [4.78, 5) is 39.6. The van der Waals surface area contributed by atoms with E-state index in [1.54, 1.807) is 17.0 Å². The van der Waals surface area contributed by atoms with Crippen LogP contribution in [-0.2, 0) is 14.3 Å². The number of ether oxygens (including phenoxy) is 1. The molecule has 0 saturated carbocycles. The van der Waals surface area contributed by atoms with Crippen LogP contribution in [0.15, 0.2) is 71.6 Å². The van der Waals surface area contributed by atoms with Crippen LogP contribution in [0.4, 0.5) is 11.4 Å². The molecule has 9 heteroatoms. The van der Waals surface area contributed by atoms with E-state index in [0.29, 0.717) is 26.2 Å². The minimum Gasteiger partial charge on any atom is -0.455 e. The molecule has 1 saturated heterocycles. The van der Waals surface area contributed by atoms with E-state index in [0.717, 1.165) is 21.4 Å². The van der Waals surface area contributed by atoms with Crippen LogP contribution >= 0.6 is 11.8 Å². The average Bonchev–Trinajstić information content (AvgIpc) is 2.86. The number of hydrogen-bond acceptors (Lipinski definition) is 7. The molecule has 0 unspecified atom stereocenters. The molecule has 3 aromatic rings. The molecule has 0 N–H and O–H groups in total. The number of esters is 1.